The monoisotopic (exact) mass is 314 g/mol. The van der Waals surface area contributed by atoms with E-state index in [9.17, 15) is 14.0 Å². The molecule has 6 heteroatoms. The SMILES string of the molecule is CN1C(=O)CCOc2ccc(NC(=O)c3ccccc3F)cc21. The Labute approximate surface area is 132 Å². The highest BCUT2D eigenvalue weighted by molar-refractivity contribution is 6.05. The van der Waals surface area contributed by atoms with Crippen LogP contribution in [0.15, 0.2) is 42.5 Å². The van der Waals surface area contributed by atoms with Crippen molar-refractivity contribution >= 4 is 23.2 Å². The summed E-state index contributed by atoms with van der Waals surface area (Å²) >= 11 is 0. The molecule has 23 heavy (non-hydrogen) atoms. The van der Waals surface area contributed by atoms with E-state index in [-0.39, 0.29) is 11.5 Å². The van der Waals surface area contributed by atoms with Crippen molar-refractivity contribution in [1.29, 1.82) is 0 Å². The van der Waals surface area contributed by atoms with E-state index in [1.54, 1.807) is 31.3 Å². The first-order valence-corrected chi connectivity index (χ1v) is 7.15. The second kappa shape index (κ2) is 6.08. The van der Waals surface area contributed by atoms with Gasteiger partial charge in [0.25, 0.3) is 5.91 Å². The molecule has 2 amide bonds. The van der Waals surface area contributed by atoms with Gasteiger partial charge in [0.15, 0.2) is 0 Å². The van der Waals surface area contributed by atoms with Crippen molar-refractivity contribution in [2.45, 2.75) is 6.42 Å². The molecule has 0 atom stereocenters. The maximum absolute atomic E-state index is 13.6. The van der Waals surface area contributed by atoms with E-state index >= 15 is 0 Å². The van der Waals surface area contributed by atoms with Crippen LogP contribution < -0.4 is 15.0 Å². The largest absolute Gasteiger partial charge is 0.491 e. The molecule has 0 fully saturated rings. The molecule has 0 saturated carbocycles. The number of rotatable bonds is 2. The molecule has 2 aromatic carbocycles. The van der Waals surface area contributed by atoms with E-state index in [4.69, 9.17) is 4.74 Å². The number of halogens is 1. The fourth-order valence-corrected chi connectivity index (χ4v) is 2.37. The van der Waals surface area contributed by atoms with Gasteiger partial charge in [-0.25, -0.2) is 4.39 Å². The molecule has 1 heterocycles. The van der Waals surface area contributed by atoms with Gasteiger partial charge in [0.2, 0.25) is 5.91 Å². The number of hydrogen-bond donors (Lipinski definition) is 1. The molecule has 0 saturated heterocycles. The van der Waals surface area contributed by atoms with Crippen LogP contribution in [0.2, 0.25) is 0 Å². The summed E-state index contributed by atoms with van der Waals surface area (Å²) in [6, 6.07) is 10.7. The van der Waals surface area contributed by atoms with Gasteiger partial charge in [-0.3, -0.25) is 9.59 Å². The zero-order chi connectivity index (χ0) is 16.4. The first-order valence-electron chi connectivity index (χ1n) is 7.15. The second-order valence-electron chi connectivity index (χ2n) is 5.17. The molecule has 3 rings (SSSR count). The van der Waals surface area contributed by atoms with Gasteiger partial charge in [-0.2, -0.15) is 0 Å². The zero-order valence-corrected chi connectivity index (χ0v) is 12.5. The average molecular weight is 314 g/mol. The average Bonchev–Trinajstić information content (AvgIpc) is 2.68. The normalized spacial score (nSPS) is 13.8. The van der Waals surface area contributed by atoms with Crippen LogP contribution in [0, 0.1) is 5.82 Å². The van der Waals surface area contributed by atoms with Gasteiger partial charge >= 0.3 is 0 Å². The van der Waals surface area contributed by atoms with Crippen LogP contribution in [0.4, 0.5) is 15.8 Å². The van der Waals surface area contributed by atoms with Gasteiger partial charge in [0.05, 0.1) is 24.3 Å². The molecule has 1 aliphatic heterocycles. The molecule has 5 nitrogen and oxygen atoms in total. The van der Waals surface area contributed by atoms with Crippen molar-refractivity contribution in [3.63, 3.8) is 0 Å². The van der Waals surface area contributed by atoms with Gasteiger partial charge in [0, 0.05) is 12.7 Å². The lowest BCUT2D eigenvalue weighted by molar-refractivity contribution is -0.118. The second-order valence-corrected chi connectivity index (χ2v) is 5.17. The fourth-order valence-electron chi connectivity index (χ4n) is 2.37. The van der Waals surface area contributed by atoms with Crippen LogP contribution in [0.25, 0.3) is 0 Å². The van der Waals surface area contributed by atoms with Crippen molar-refractivity contribution in [3.8, 4) is 5.75 Å². The summed E-state index contributed by atoms with van der Waals surface area (Å²) in [6.45, 7) is 0.317. The molecule has 0 spiro atoms. The Bertz CT molecular complexity index is 776. The van der Waals surface area contributed by atoms with Gasteiger partial charge in [-0.1, -0.05) is 12.1 Å². The van der Waals surface area contributed by atoms with E-state index in [2.05, 4.69) is 5.32 Å². The standard InChI is InChI=1S/C17H15FN2O3/c1-20-14-10-11(6-7-15(14)23-9-8-16(20)21)19-17(22)12-4-2-3-5-13(12)18/h2-7,10H,8-9H2,1H3,(H,19,22). The van der Waals surface area contributed by atoms with Crippen LogP contribution in [0.5, 0.6) is 5.75 Å². The summed E-state index contributed by atoms with van der Waals surface area (Å²) in [7, 11) is 1.65. The van der Waals surface area contributed by atoms with Gasteiger partial charge in [-0.05, 0) is 30.3 Å². The Kier molecular flexibility index (Phi) is 3.97. The van der Waals surface area contributed by atoms with Crippen LogP contribution in [0.3, 0.4) is 0 Å². The Hall–Kier alpha value is -2.89. The van der Waals surface area contributed by atoms with Crippen LogP contribution in [-0.4, -0.2) is 25.5 Å². The molecule has 0 bridgehead atoms. The van der Waals surface area contributed by atoms with E-state index < -0.39 is 11.7 Å². The molecular weight excluding hydrogens is 299 g/mol. The lowest BCUT2D eigenvalue weighted by atomic mass is 10.2. The Morgan fingerprint density at radius 2 is 2.04 bits per heavy atom. The molecule has 0 aromatic heterocycles. The highest BCUT2D eigenvalue weighted by Gasteiger charge is 2.21. The number of amides is 2. The quantitative estimate of drug-likeness (QED) is 0.927. The van der Waals surface area contributed by atoms with Crippen LogP contribution in [0.1, 0.15) is 16.8 Å². The number of fused-ring (bicyclic) bond motifs is 1. The maximum Gasteiger partial charge on any atom is 0.258 e. The van der Waals surface area contributed by atoms with E-state index in [0.29, 0.717) is 30.2 Å². The number of hydrogen-bond acceptors (Lipinski definition) is 3. The zero-order valence-electron chi connectivity index (χ0n) is 12.5. The fraction of sp³-hybridized carbons (Fsp3) is 0.176. The van der Waals surface area contributed by atoms with Gasteiger partial charge < -0.3 is 15.0 Å². The van der Waals surface area contributed by atoms with E-state index in [0.717, 1.165) is 0 Å². The van der Waals surface area contributed by atoms with Crippen molar-refractivity contribution in [2.75, 3.05) is 23.9 Å². The molecule has 2 aromatic rings. The minimum atomic E-state index is -0.588. The summed E-state index contributed by atoms with van der Waals surface area (Å²) in [6.07, 6.45) is 0.294. The number of carbonyl (C=O) groups is 2. The third-order valence-corrected chi connectivity index (χ3v) is 3.64. The minimum absolute atomic E-state index is 0.0388. The van der Waals surface area contributed by atoms with Gasteiger partial charge in [0.1, 0.15) is 11.6 Å². The molecule has 1 N–H and O–H groups in total. The third-order valence-electron chi connectivity index (χ3n) is 3.64. The van der Waals surface area contributed by atoms with Crippen molar-refractivity contribution < 1.29 is 18.7 Å². The number of anilines is 2. The molecule has 0 radical (unpaired) electrons. The smallest absolute Gasteiger partial charge is 0.258 e. The maximum atomic E-state index is 13.6. The topological polar surface area (TPSA) is 58.6 Å². The number of ether oxygens (including phenoxy) is 1. The Morgan fingerprint density at radius 3 is 2.83 bits per heavy atom. The van der Waals surface area contributed by atoms with Crippen LogP contribution in [-0.2, 0) is 4.79 Å². The summed E-state index contributed by atoms with van der Waals surface area (Å²) in [4.78, 5) is 25.5. The lowest BCUT2D eigenvalue weighted by Crippen LogP contribution is -2.25. The summed E-state index contributed by atoms with van der Waals surface area (Å²) in [5.41, 5.74) is 0.990. The number of carbonyl (C=O) groups excluding carboxylic acids is 2. The Morgan fingerprint density at radius 1 is 1.26 bits per heavy atom. The molecule has 0 aliphatic carbocycles. The third kappa shape index (κ3) is 3.01. The van der Waals surface area contributed by atoms with E-state index in [1.165, 1.54) is 23.1 Å². The number of nitrogens with one attached hydrogen (secondary N) is 1. The highest BCUT2D eigenvalue weighted by atomic mass is 19.1. The molecule has 118 valence electrons. The first-order chi connectivity index (χ1) is 11.1. The number of nitrogens with zero attached hydrogens (tertiary/aromatic N) is 1. The lowest BCUT2D eigenvalue weighted by Gasteiger charge is -2.17. The predicted octanol–water partition coefficient (Wildman–Crippen LogP) is 2.82. The summed E-state index contributed by atoms with van der Waals surface area (Å²) < 4.78 is 19.2. The molecule has 1 aliphatic rings. The first kappa shape index (κ1) is 15.0. The van der Waals surface area contributed by atoms with Crippen molar-refractivity contribution in [2.24, 2.45) is 0 Å². The summed E-state index contributed by atoms with van der Waals surface area (Å²) in [5.74, 6) is -0.634. The van der Waals surface area contributed by atoms with E-state index in [1.807, 2.05) is 0 Å². The number of benzene rings is 2. The molecular formula is C17H15FN2O3. The summed E-state index contributed by atoms with van der Waals surface area (Å²) in [5, 5.41) is 2.63. The predicted molar refractivity (Wildman–Crippen MR) is 84.3 cm³/mol. The minimum Gasteiger partial charge on any atom is -0.491 e. The van der Waals surface area contributed by atoms with Crippen molar-refractivity contribution in [3.05, 3.63) is 53.8 Å². The highest BCUT2D eigenvalue weighted by Crippen LogP contribution is 2.33. The molecule has 0 unspecified atom stereocenters. The van der Waals surface area contributed by atoms with Gasteiger partial charge in [-0.15, -0.1) is 0 Å². The van der Waals surface area contributed by atoms with Crippen LogP contribution >= 0.6 is 0 Å². The Balaban J connectivity index is 1.88. The van der Waals surface area contributed by atoms with Crippen molar-refractivity contribution in [1.82, 2.24) is 0 Å².